The number of esters is 2. The zero-order valence-electron chi connectivity index (χ0n) is 15.7. The Morgan fingerprint density at radius 2 is 1.52 bits per heavy atom. The van der Waals surface area contributed by atoms with E-state index in [-0.39, 0.29) is 13.2 Å². The Labute approximate surface area is 142 Å². The summed E-state index contributed by atoms with van der Waals surface area (Å²) in [6, 6.07) is 1.22. The first kappa shape index (κ1) is 21.9. The first-order valence-corrected chi connectivity index (χ1v) is 12.4. The predicted octanol–water partition coefficient (Wildman–Crippen LogP) is 4.57. The fourth-order valence-electron chi connectivity index (χ4n) is 2.57. The van der Waals surface area contributed by atoms with E-state index in [2.05, 4.69) is 32.6 Å². The predicted molar refractivity (Wildman–Crippen MR) is 97.1 cm³/mol. The molecule has 0 amide bonds. The summed E-state index contributed by atoms with van der Waals surface area (Å²) in [5, 5.41) is 0. The molecule has 0 aromatic carbocycles. The summed E-state index contributed by atoms with van der Waals surface area (Å²) in [4.78, 5) is 23.7. The van der Waals surface area contributed by atoms with Crippen LogP contribution in [-0.4, -0.2) is 33.2 Å². The molecule has 0 aromatic heterocycles. The third kappa shape index (κ3) is 11.1. The quantitative estimate of drug-likeness (QED) is 0.181. The van der Waals surface area contributed by atoms with E-state index in [0.29, 0.717) is 6.42 Å². The van der Waals surface area contributed by atoms with Gasteiger partial charge in [0.05, 0.1) is 13.2 Å². The van der Waals surface area contributed by atoms with Crippen LogP contribution in [0, 0.1) is 5.92 Å². The Morgan fingerprint density at radius 3 is 1.96 bits per heavy atom. The third-order valence-corrected chi connectivity index (χ3v) is 5.01. The topological polar surface area (TPSA) is 52.6 Å². The Hall–Kier alpha value is -1.10. The minimum atomic E-state index is -1.05. The fraction of sp³-hybridized carbons (Fsp3) is 0.778. The lowest BCUT2D eigenvalue weighted by atomic mass is 10.0. The van der Waals surface area contributed by atoms with Gasteiger partial charge in [0, 0.05) is 8.07 Å². The monoisotopic (exact) mass is 342 g/mol. The molecule has 0 radical (unpaired) electrons. The van der Waals surface area contributed by atoms with Crippen LogP contribution < -0.4 is 0 Å². The summed E-state index contributed by atoms with van der Waals surface area (Å²) in [6.45, 7) is 13.4. The van der Waals surface area contributed by atoms with Crippen LogP contribution in [0.5, 0.6) is 0 Å². The molecular weight excluding hydrogens is 308 g/mol. The van der Waals surface area contributed by atoms with Crippen LogP contribution in [0.15, 0.2) is 11.6 Å². The number of ether oxygens (including phenoxy) is 2. The molecule has 0 saturated carbocycles. The fourth-order valence-corrected chi connectivity index (χ4v) is 4.38. The molecule has 134 valence electrons. The molecule has 0 aliphatic rings. The van der Waals surface area contributed by atoms with Gasteiger partial charge in [0.15, 0.2) is 5.92 Å². The molecule has 0 N–H and O–H groups in total. The first-order valence-electron chi connectivity index (χ1n) is 8.70. The molecule has 4 nitrogen and oxygen atoms in total. The molecule has 0 unspecified atom stereocenters. The minimum absolute atomic E-state index is 0.285. The summed E-state index contributed by atoms with van der Waals surface area (Å²) in [7, 11) is -1.05. The molecule has 0 aliphatic heterocycles. The summed E-state index contributed by atoms with van der Waals surface area (Å²) in [5.41, 5.74) is 1.46. The number of allylic oxidation sites excluding steroid dienone is 2. The average Bonchev–Trinajstić information content (AvgIpc) is 2.41. The molecule has 0 heterocycles. The molecule has 23 heavy (non-hydrogen) atoms. The molecule has 0 bridgehead atoms. The SMILES string of the molecule is CCOC(=O)C(CCCC/C=C(/C)C[Si](C)(C)C)C(=O)OCC. The summed E-state index contributed by atoms with van der Waals surface area (Å²) in [6.07, 6.45) is 5.58. The van der Waals surface area contributed by atoms with Gasteiger partial charge in [-0.25, -0.2) is 0 Å². The van der Waals surface area contributed by atoms with Crippen LogP contribution in [0.1, 0.15) is 46.5 Å². The lowest BCUT2D eigenvalue weighted by Gasteiger charge is -2.16. The molecular formula is C18H34O4Si. The van der Waals surface area contributed by atoms with Crippen LogP contribution >= 0.6 is 0 Å². The van der Waals surface area contributed by atoms with E-state index in [1.165, 1.54) is 11.6 Å². The van der Waals surface area contributed by atoms with Gasteiger partial charge in [0.2, 0.25) is 0 Å². The van der Waals surface area contributed by atoms with Crippen molar-refractivity contribution in [3.8, 4) is 0 Å². The van der Waals surface area contributed by atoms with E-state index in [0.717, 1.165) is 19.3 Å². The van der Waals surface area contributed by atoms with Crippen molar-refractivity contribution in [3.63, 3.8) is 0 Å². The van der Waals surface area contributed by atoms with E-state index >= 15 is 0 Å². The van der Waals surface area contributed by atoms with Crippen molar-refractivity contribution in [3.05, 3.63) is 11.6 Å². The zero-order valence-corrected chi connectivity index (χ0v) is 16.7. The first-order chi connectivity index (χ1) is 10.7. The van der Waals surface area contributed by atoms with Gasteiger partial charge in [-0.2, -0.15) is 0 Å². The molecule has 0 saturated heterocycles. The van der Waals surface area contributed by atoms with Crippen LogP contribution in [0.3, 0.4) is 0 Å². The van der Waals surface area contributed by atoms with Crippen LogP contribution in [0.25, 0.3) is 0 Å². The lowest BCUT2D eigenvalue weighted by Crippen LogP contribution is -2.28. The summed E-state index contributed by atoms with van der Waals surface area (Å²) in [5.74, 6) is -1.70. The number of carbonyl (C=O) groups is 2. The van der Waals surface area contributed by atoms with E-state index in [4.69, 9.17) is 9.47 Å². The third-order valence-electron chi connectivity index (χ3n) is 3.39. The molecule has 0 aromatic rings. The largest absolute Gasteiger partial charge is 0.465 e. The summed E-state index contributed by atoms with van der Waals surface area (Å²) >= 11 is 0. The highest BCUT2D eigenvalue weighted by Crippen LogP contribution is 2.18. The highest BCUT2D eigenvalue weighted by atomic mass is 28.3. The maximum absolute atomic E-state index is 11.9. The number of hydrogen-bond donors (Lipinski definition) is 0. The molecule has 0 atom stereocenters. The Bertz CT molecular complexity index is 378. The van der Waals surface area contributed by atoms with E-state index in [9.17, 15) is 9.59 Å². The van der Waals surface area contributed by atoms with Crippen LogP contribution in [0.4, 0.5) is 0 Å². The van der Waals surface area contributed by atoms with Gasteiger partial charge in [-0.05, 0) is 46.1 Å². The van der Waals surface area contributed by atoms with Gasteiger partial charge >= 0.3 is 11.9 Å². The zero-order chi connectivity index (χ0) is 17.9. The van der Waals surface area contributed by atoms with Crippen molar-refractivity contribution in [1.29, 1.82) is 0 Å². The van der Waals surface area contributed by atoms with E-state index in [1.807, 2.05) is 0 Å². The van der Waals surface area contributed by atoms with Crippen molar-refractivity contribution >= 4 is 20.0 Å². The Morgan fingerprint density at radius 1 is 1.00 bits per heavy atom. The average molecular weight is 343 g/mol. The maximum Gasteiger partial charge on any atom is 0.320 e. The van der Waals surface area contributed by atoms with E-state index in [1.54, 1.807) is 13.8 Å². The van der Waals surface area contributed by atoms with Crippen molar-refractivity contribution in [2.24, 2.45) is 5.92 Å². The Kier molecular flexibility index (Phi) is 10.9. The van der Waals surface area contributed by atoms with Crippen LogP contribution in [0.2, 0.25) is 25.7 Å². The van der Waals surface area contributed by atoms with Crippen LogP contribution in [-0.2, 0) is 19.1 Å². The molecule has 0 spiro atoms. The summed E-state index contributed by atoms with van der Waals surface area (Å²) < 4.78 is 9.95. The van der Waals surface area contributed by atoms with Crippen molar-refractivity contribution in [2.45, 2.75) is 72.1 Å². The van der Waals surface area contributed by atoms with Crippen molar-refractivity contribution in [1.82, 2.24) is 0 Å². The number of hydrogen-bond acceptors (Lipinski definition) is 4. The number of unbranched alkanes of at least 4 members (excludes halogenated alkanes) is 2. The second-order valence-electron chi connectivity index (χ2n) is 7.13. The molecule has 0 rings (SSSR count). The second kappa shape index (κ2) is 11.4. The lowest BCUT2D eigenvalue weighted by molar-refractivity contribution is -0.161. The van der Waals surface area contributed by atoms with Crippen molar-refractivity contribution in [2.75, 3.05) is 13.2 Å². The van der Waals surface area contributed by atoms with Gasteiger partial charge in [-0.15, -0.1) is 0 Å². The normalized spacial score (nSPS) is 12.4. The Balaban J connectivity index is 4.29. The second-order valence-corrected chi connectivity index (χ2v) is 12.6. The standard InChI is InChI=1S/C18H34O4Si/c1-7-21-17(19)16(18(20)22-8-2)13-11-9-10-12-15(3)14-23(4,5)6/h12,16H,7-11,13-14H2,1-6H3/b15-12-. The molecule has 0 aliphatic carbocycles. The van der Waals surface area contributed by atoms with Gasteiger partial charge in [-0.3, -0.25) is 9.59 Å². The maximum atomic E-state index is 11.9. The van der Waals surface area contributed by atoms with Crippen molar-refractivity contribution < 1.29 is 19.1 Å². The van der Waals surface area contributed by atoms with Gasteiger partial charge < -0.3 is 9.47 Å². The van der Waals surface area contributed by atoms with E-state index < -0.39 is 25.9 Å². The highest BCUT2D eigenvalue weighted by molar-refractivity contribution is 6.76. The number of rotatable bonds is 11. The smallest absolute Gasteiger partial charge is 0.320 e. The van der Waals surface area contributed by atoms with Gasteiger partial charge in [-0.1, -0.05) is 37.7 Å². The molecule has 5 heteroatoms. The van der Waals surface area contributed by atoms with Gasteiger partial charge in [0.1, 0.15) is 0 Å². The highest BCUT2D eigenvalue weighted by Gasteiger charge is 2.28. The van der Waals surface area contributed by atoms with Gasteiger partial charge in [0.25, 0.3) is 0 Å². The number of carbonyl (C=O) groups excluding carboxylic acids is 2. The minimum Gasteiger partial charge on any atom is -0.465 e. The molecule has 0 fully saturated rings.